The molecule has 0 aromatic heterocycles. The molecule has 0 radical (unpaired) electrons. The Bertz CT molecular complexity index is 1560. The van der Waals surface area contributed by atoms with Crippen molar-refractivity contribution in [1.29, 1.82) is 0 Å². The van der Waals surface area contributed by atoms with Crippen LogP contribution in [-0.4, -0.2) is 23.5 Å². The lowest BCUT2D eigenvalue weighted by atomic mass is 10.1. The van der Waals surface area contributed by atoms with Gasteiger partial charge in [-0.25, -0.2) is 0 Å². The highest BCUT2D eigenvalue weighted by Gasteiger charge is 2.15. The molecule has 3 N–H and O–H groups in total. The molecular weight excluding hydrogens is 589 g/mol. The maximum atomic E-state index is 13.2. The highest BCUT2D eigenvalue weighted by Crippen LogP contribution is 2.26. The third-order valence-corrected chi connectivity index (χ3v) is 7.36. The Balaban J connectivity index is 1.40. The molecule has 0 heterocycles. The number of hydrogen-bond donors (Lipinski definition) is 3. The molecule has 202 valence electrons. The number of halogens is 3. The molecule has 0 saturated heterocycles. The first-order valence-corrected chi connectivity index (χ1v) is 14.0. The second kappa shape index (κ2) is 14.1. The number of amides is 3. The van der Waals surface area contributed by atoms with Crippen molar-refractivity contribution in [2.24, 2.45) is 0 Å². The molecule has 4 aromatic rings. The number of hydrogen-bond acceptors (Lipinski definition) is 4. The van der Waals surface area contributed by atoms with Crippen LogP contribution in [0.5, 0.6) is 0 Å². The van der Waals surface area contributed by atoms with E-state index in [4.69, 9.17) is 34.8 Å². The predicted octanol–water partition coefficient (Wildman–Crippen LogP) is 7.79. The van der Waals surface area contributed by atoms with Crippen molar-refractivity contribution in [2.75, 3.05) is 16.4 Å². The van der Waals surface area contributed by atoms with Gasteiger partial charge in [0.2, 0.25) is 5.91 Å². The van der Waals surface area contributed by atoms with Crippen LogP contribution in [0.2, 0.25) is 15.1 Å². The zero-order chi connectivity index (χ0) is 28.5. The predicted molar refractivity (Wildman–Crippen MR) is 164 cm³/mol. The second-order valence-electron chi connectivity index (χ2n) is 8.38. The second-order valence-corrected chi connectivity index (χ2v) is 10.7. The molecule has 0 aliphatic rings. The smallest absolute Gasteiger partial charge is 0.272 e. The average molecular weight is 611 g/mol. The summed E-state index contributed by atoms with van der Waals surface area (Å²) in [7, 11) is 0. The van der Waals surface area contributed by atoms with Crippen molar-refractivity contribution in [3.8, 4) is 0 Å². The Labute approximate surface area is 250 Å². The van der Waals surface area contributed by atoms with Crippen LogP contribution in [0.4, 0.5) is 11.4 Å². The third-order valence-electron chi connectivity index (χ3n) is 5.37. The largest absolute Gasteiger partial charge is 0.325 e. The normalized spacial score (nSPS) is 11.0. The van der Waals surface area contributed by atoms with E-state index in [2.05, 4.69) is 16.0 Å². The van der Waals surface area contributed by atoms with E-state index in [1.807, 2.05) is 0 Å². The molecular formula is C30H22Cl3N3O3S. The summed E-state index contributed by atoms with van der Waals surface area (Å²) in [5.41, 5.74) is 2.18. The lowest BCUT2D eigenvalue weighted by molar-refractivity contribution is -0.114. The van der Waals surface area contributed by atoms with Crippen molar-refractivity contribution < 1.29 is 14.4 Å². The number of benzene rings is 4. The van der Waals surface area contributed by atoms with E-state index in [9.17, 15) is 14.4 Å². The fourth-order valence-corrected chi connectivity index (χ4v) is 4.65. The van der Waals surface area contributed by atoms with Crippen molar-refractivity contribution in [3.63, 3.8) is 0 Å². The van der Waals surface area contributed by atoms with Crippen LogP contribution < -0.4 is 16.0 Å². The molecule has 0 aliphatic heterocycles. The van der Waals surface area contributed by atoms with Gasteiger partial charge in [-0.05, 0) is 78.4 Å². The van der Waals surface area contributed by atoms with E-state index >= 15 is 0 Å². The highest BCUT2D eigenvalue weighted by molar-refractivity contribution is 8.00. The lowest BCUT2D eigenvalue weighted by Gasteiger charge is -2.12. The van der Waals surface area contributed by atoms with Gasteiger partial charge in [0.1, 0.15) is 5.70 Å². The minimum absolute atomic E-state index is 0.0496. The van der Waals surface area contributed by atoms with Crippen LogP contribution in [-0.2, 0) is 9.59 Å². The SMILES string of the molecule is O=C(CSc1ccc(NC(=O)/C(=C/c2cccc(Cl)c2)NC(=O)c2ccccc2)cc1)Nc1ccc(Cl)c(Cl)c1. The van der Waals surface area contributed by atoms with Gasteiger partial charge in [0, 0.05) is 26.9 Å². The van der Waals surface area contributed by atoms with Crippen LogP contribution >= 0.6 is 46.6 Å². The van der Waals surface area contributed by atoms with Crippen molar-refractivity contribution in [3.05, 3.63) is 129 Å². The monoisotopic (exact) mass is 609 g/mol. The summed E-state index contributed by atoms with van der Waals surface area (Å²) in [5, 5.41) is 9.54. The number of carbonyl (C=O) groups is 3. The zero-order valence-electron chi connectivity index (χ0n) is 20.8. The molecule has 0 unspecified atom stereocenters. The summed E-state index contributed by atoms with van der Waals surface area (Å²) < 4.78 is 0. The summed E-state index contributed by atoms with van der Waals surface area (Å²) in [4.78, 5) is 39.1. The Morgan fingerprint density at radius 2 is 1.45 bits per heavy atom. The van der Waals surface area contributed by atoms with Crippen LogP contribution in [0.25, 0.3) is 6.08 Å². The van der Waals surface area contributed by atoms with Gasteiger partial charge in [0.15, 0.2) is 0 Å². The molecule has 6 nitrogen and oxygen atoms in total. The maximum absolute atomic E-state index is 13.2. The number of anilines is 2. The number of thioether (sulfide) groups is 1. The summed E-state index contributed by atoms with van der Waals surface area (Å²) >= 11 is 19.3. The molecule has 0 saturated carbocycles. The summed E-state index contributed by atoms with van der Waals surface area (Å²) in [5.74, 6) is -0.962. The molecule has 4 rings (SSSR count). The fraction of sp³-hybridized carbons (Fsp3) is 0.0333. The topological polar surface area (TPSA) is 87.3 Å². The van der Waals surface area contributed by atoms with Crippen LogP contribution in [0, 0.1) is 0 Å². The average Bonchev–Trinajstić information content (AvgIpc) is 2.95. The lowest BCUT2D eigenvalue weighted by Crippen LogP contribution is -2.30. The van der Waals surface area contributed by atoms with Gasteiger partial charge in [-0.15, -0.1) is 11.8 Å². The third kappa shape index (κ3) is 8.63. The zero-order valence-corrected chi connectivity index (χ0v) is 23.9. The first kappa shape index (κ1) is 29.2. The van der Waals surface area contributed by atoms with E-state index in [-0.39, 0.29) is 17.4 Å². The van der Waals surface area contributed by atoms with Crippen molar-refractivity contribution >= 4 is 81.7 Å². The van der Waals surface area contributed by atoms with E-state index in [0.29, 0.717) is 37.6 Å². The number of carbonyl (C=O) groups excluding carboxylic acids is 3. The van der Waals surface area contributed by atoms with Gasteiger partial charge >= 0.3 is 0 Å². The van der Waals surface area contributed by atoms with Gasteiger partial charge < -0.3 is 16.0 Å². The van der Waals surface area contributed by atoms with Crippen LogP contribution in [0.3, 0.4) is 0 Å². The van der Waals surface area contributed by atoms with E-state index in [0.717, 1.165) is 4.90 Å². The molecule has 0 bridgehead atoms. The minimum Gasteiger partial charge on any atom is -0.325 e. The highest BCUT2D eigenvalue weighted by atomic mass is 35.5. The fourth-order valence-electron chi connectivity index (χ4n) is 3.46. The van der Waals surface area contributed by atoms with E-state index < -0.39 is 11.8 Å². The molecule has 0 aliphatic carbocycles. The Kier molecular flexibility index (Phi) is 10.3. The molecule has 4 aromatic carbocycles. The van der Waals surface area contributed by atoms with Crippen molar-refractivity contribution in [1.82, 2.24) is 5.32 Å². The minimum atomic E-state index is -0.509. The number of rotatable bonds is 9. The van der Waals surface area contributed by atoms with Gasteiger partial charge in [0.25, 0.3) is 11.8 Å². The standard InChI is InChI=1S/C30H22Cl3N3O3S/c31-21-8-4-5-19(15-21)16-27(36-29(38)20-6-2-1-3-7-20)30(39)35-22-9-12-24(13-10-22)40-18-28(37)34-23-11-14-25(32)26(33)17-23/h1-17H,18H2,(H,34,37)(H,35,39)(H,36,38)/b27-16-. The molecule has 0 fully saturated rings. The first-order chi connectivity index (χ1) is 19.3. The first-order valence-electron chi connectivity index (χ1n) is 11.9. The Morgan fingerprint density at radius 1 is 0.725 bits per heavy atom. The Hall–Kier alpha value is -3.75. The van der Waals surface area contributed by atoms with Gasteiger partial charge in [-0.2, -0.15) is 0 Å². The maximum Gasteiger partial charge on any atom is 0.272 e. The van der Waals surface area contributed by atoms with Crippen LogP contribution in [0.15, 0.2) is 108 Å². The number of nitrogens with one attached hydrogen (secondary N) is 3. The molecule has 3 amide bonds. The molecule has 10 heteroatoms. The summed E-state index contributed by atoms with van der Waals surface area (Å²) in [6, 6.07) is 27.4. The van der Waals surface area contributed by atoms with Gasteiger partial charge in [-0.1, -0.05) is 65.1 Å². The van der Waals surface area contributed by atoms with E-state index in [1.165, 1.54) is 11.8 Å². The summed E-state index contributed by atoms with van der Waals surface area (Å²) in [6.07, 6.45) is 1.55. The molecule has 40 heavy (non-hydrogen) atoms. The van der Waals surface area contributed by atoms with Crippen molar-refractivity contribution in [2.45, 2.75) is 4.90 Å². The molecule has 0 atom stereocenters. The van der Waals surface area contributed by atoms with Gasteiger partial charge in [0.05, 0.1) is 15.8 Å². The molecule has 0 spiro atoms. The summed E-state index contributed by atoms with van der Waals surface area (Å²) in [6.45, 7) is 0. The van der Waals surface area contributed by atoms with Gasteiger partial charge in [-0.3, -0.25) is 14.4 Å². The van der Waals surface area contributed by atoms with E-state index in [1.54, 1.807) is 103 Å². The van der Waals surface area contributed by atoms with Crippen LogP contribution in [0.1, 0.15) is 15.9 Å². The Morgan fingerprint density at radius 3 is 2.15 bits per heavy atom. The quantitative estimate of drug-likeness (QED) is 0.133.